The fourth-order valence-corrected chi connectivity index (χ4v) is 3.26. The molecule has 8 nitrogen and oxygen atoms in total. The minimum Gasteiger partial charge on any atom is -0.269 e. The Morgan fingerprint density at radius 2 is 1.96 bits per heavy atom. The van der Waals surface area contributed by atoms with Gasteiger partial charge in [-0.15, -0.1) is 5.10 Å². The van der Waals surface area contributed by atoms with Crippen LogP contribution in [0, 0.1) is 0 Å². The summed E-state index contributed by atoms with van der Waals surface area (Å²) in [6.45, 7) is 0. The number of sulfonamides is 1. The zero-order valence-corrected chi connectivity index (χ0v) is 14.7. The van der Waals surface area contributed by atoms with Crippen LogP contribution in [0.4, 0.5) is 0 Å². The molecule has 26 heavy (non-hydrogen) atoms. The zero-order chi connectivity index (χ0) is 18.6. The van der Waals surface area contributed by atoms with Crippen molar-refractivity contribution in [3.8, 4) is 5.69 Å². The van der Waals surface area contributed by atoms with E-state index in [2.05, 4.69) is 15.5 Å². The minimum absolute atomic E-state index is 0.0880. The Balaban J connectivity index is 1.76. The molecule has 0 radical (unpaired) electrons. The van der Waals surface area contributed by atoms with E-state index in [1.54, 1.807) is 30.3 Å². The highest BCUT2D eigenvalue weighted by Crippen LogP contribution is 2.14. The number of carbonyl (C=O) groups excluding carboxylic acids is 1. The molecule has 132 valence electrons. The lowest BCUT2D eigenvalue weighted by Crippen LogP contribution is -2.29. The van der Waals surface area contributed by atoms with Crippen molar-refractivity contribution in [1.29, 1.82) is 0 Å². The normalized spacial score (nSPS) is 11.6. The van der Waals surface area contributed by atoms with Gasteiger partial charge in [0.25, 0.3) is 15.9 Å². The Morgan fingerprint density at radius 1 is 1.15 bits per heavy atom. The van der Waals surface area contributed by atoms with E-state index in [-0.39, 0.29) is 4.90 Å². The number of nitrogens with zero attached hydrogens (tertiary/aromatic N) is 4. The smallest absolute Gasteiger partial charge is 0.264 e. The van der Waals surface area contributed by atoms with Gasteiger partial charge in [0.15, 0.2) is 0 Å². The van der Waals surface area contributed by atoms with Gasteiger partial charge in [0.2, 0.25) is 0 Å². The topological polar surface area (TPSA) is 107 Å². The summed E-state index contributed by atoms with van der Waals surface area (Å²) in [4.78, 5) is 11.9. The van der Waals surface area contributed by atoms with Crippen molar-refractivity contribution in [3.05, 3.63) is 71.5 Å². The van der Waals surface area contributed by atoms with Gasteiger partial charge < -0.3 is 0 Å². The lowest BCUT2D eigenvalue weighted by molar-refractivity contribution is -0.114. The summed E-state index contributed by atoms with van der Waals surface area (Å²) in [6, 6.07) is 12.7. The molecule has 0 atom stereocenters. The number of halogens is 1. The van der Waals surface area contributed by atoms with Crippen LogP contribution in [0.5, 0.6) is 0 Å². The molecule has 1 N–H and O–H groups in total. The first-order valence-electron chi connectivity index (χ1n) is 7.28. The molecule has 0 aliphatic carbocycles. The minimum atomic E-state index is -4.04. The monoisotopic (exact) mass is 389 g/mol. The molecular weight excluding hydrogens is 378 g/mol. The van der Waals surface area contributed by atoms with Gasteiger partial charge in [-0.05, 0) is 52.4 Å². The van der Waals surface area contributed by atoms with Gasteiger partial charge in [0, 0.05) is 11.1 Å². The molecule has 0 spiro atoms. The van der Waals surface area contributed by atoms with E-state index >= 15 is 0 Å². The Bertz CT molecular complexity index is 1070. The third kappa shape index (κ3) is 4.32. The number of tetrazole rings is 1. The van der Waals surface area contributed by atoms with E-state index < -0.39 is 15.9 Å². The lowest BCUT2D eigenvalue weighted by Gasteiger charge is -2.06. The van der Waals surface area contributed by atoms with E-state index in [0.717, 1.165) is 6.08 Å². The molecule has 1 aromatic heterocycles. The summed E-state index contributed by atoms with van der Waals surface area (Å²) in [5, 5.41) is 11.2. The number of hydrogen-bond donors (Lipinski definition) is 1. The highest BCUT2D eigenvalue weighted by atomic mass is 35.5. The van der Waals surface area contributed by atoms with Crippen molar-refractivity contribution in [2.75, 3.05) is 0 Å². The van der Waals surface area contributed by atoms with Crippen LogP contribution in [-0.4, -0.2) is 34.5 Å². The van der Waals surface area contributed by atoms with E-state index in [1.807, 2.05) is 4.72 Å². The highest BCUT2D eigenvalue weighted by Gasteiger charge is 2.17. The second-order valence-electron chi connectivity index (χ2n) is 5.11. The van der Waals surface area contributed by atoms with Crippen molar-refractivity contribution in [1.82, 2.24) is 24.9 Å². The first kappa shape index (κ1) is 17.8. The Kier molecular flexibility index (Phi) is 5.10. The highest BCUT2D eigenvalue weighted by molar-refractivity contribution is 7.90. The molecule has 0 aliphatic rings. The first-order valence-corrected chi connectivity index (χ1v) is 9.14. The van der Waals surface area contributed by atoms with Crippen LogP contribution >= 0.6 is 11.6 Å². The van der Waals surface area contributed by atoms with E-state index in [4.69, 9.17) is 11.6 Å². The maximum atomic E-state index is 12.4. The molecule has 3 rings (SSSR count). The van der Waals surface area contributed by atoms with Gasteiger partial charge in [-0.2, -0.15) is 0 Å². The maximum absolute atomic E-state index is 12.4. The predicted octanol–water partition coefficient (Wildman–Crippen LogP) is 1.83. The van der Waals surface area contributed by atoms with Gasteiger partial charge >= 0.3 is 0 Å². The Morgan fingerprint density at radius 3 is 2.69 bits per heavy atom. The average Bonchev–Trinajstić information content (AvgIpc) is 3.15. The summed E-state index contributed by atoms with van der Waals surface area (Å²) in [6.07, 6.45) is 3.92. The number of hydrogen-bond acceptors (Lipinski definition) is 6. The third-order valence-electron chi connectivity index (χ3n) is 3.25. The maximum Gasteiger partial charge on any atom is 0.264 e. The zero-order valence-electron chi connectivity index (χ0n) is 13.2. The van der Waals surface area contributed by atoms with E-state index in [0.29, 0.717) is 16.3 Å². The number of aromatic nitrogens is 4. The molecule has 0 fully saturated rings. The van der Waals surface area contributed by atoms with Gasteiger partial charge in [-0.25, -0.2) is 17.8 Å². The van der Waals surface area contributed by atoms with Crippen molar-refractivity contribution in [2.24, 2.45) is 0 Å². The molecule has 2 aromatic carbocycles. The molecule has 0 unspecified atom stereocenters. The number of benzene rings is 2. The average molecular weight is 390 g/mol. The molecule has 0 bridgehead atoms. The van der Waals surface area contributed by atoms with E-state index in [1.165, 1.54) is 35.3 Å². The Labute approximate surface area is 154 Å². The predicted molar refractivity (Wildman–Crippen MR) is 95.0 cm³/mol. The summed E-state index contributed by atoms with van der Waals surface area (Å²) in [5.41, 5.74) is 1.12. The van der Waals surface area contributed by atoms with Gasteiger partial charge in [-0.3, -0.25) is 4.79 Å². The van der Waals surface area contributed by atoms with Crippen LogP contribution in [-0.2, 0) is 14.8 Å². The molecule has 1 amide bonds. The third-order valence-corrected chi connectivity index (χ3v) is 4.83. The van der Waals surface area contributed by atoms with Crippen molar-refractivity contribution < 1.29 is 13.2 Å². The van der Waals surface area contributed by atoms with Crippen LogP contribution in [0.25, 0.3) is 11.8 Å². The van der Waals surface area contributed by atoms with Crippen molar-refractivity contribution in [2.45, 2.75) is 4.90 Å². The van der Waals surface area contributed by atoms with Crippen LogP contribution in [0.1, 0.15) is 5.56 Å². The fourth-order valence-electron chi connectivity index (χ4n) is 2.08. The van der Waals surface area contributed by atoms with Gasteiger partial charge in [-0.1, -0.05) is 29.8 Å². The lowest BCUT2D eigenvalue weighted by atomic mass is 10.2. The summed E-state index contributed by atoms with van der Waals surface area (Å²) < 4.78 is 28.1. The van der Waals surface area contributed by atoms with E-state index in [9.17, 15) is 13.2 Å². The van der Waals surface area contributed by atoms with Crippen LogP contribution in [0.15, 0.2) is 65.8 Å². The first-order chi connectivity index (χ1) is 12.4. The SMILES string of the molecule is O=C(/C=C/c1cccc(Cl)c1)NS(=O)(=O)c1cccc(-n2cnnn2)c1. The standard InChI is InChI=1S/C16H12ClN5O3S/c17-13-4-1-3-12(9-13)7-8-16(23)19-26(24,25)15-6-2-5-14(10-15)22-11-18-20-21-22/h1-11H,(H,19,23)/b8-7+. The second kappa shape index (κ2) is 7.46. The molecule has 10 heteroatoms. The van der Waals surface area contributed by atoms with Crippen molar-refractivity contribution >= 4 is 33.6 Å². The second-order valence-corrected chi connectivity index (χ2v) is 7.23. The number of carbonyl (C=O) groups is 1. The molecule has 0 saturated heterocycles. The Hall–Kier alpha value is -3.04. The molecule has 0 saturated carbocycles. The summed E-state index contributed by atoms with van der Waals surface area (Å²) in [5.74, 6) is -0.780. The molecular formula is C16H12ClN5O3S. The molecule has 1 heterocycles. The van der Waals surface area contributed by atoms with Gasteiger partial charge in [0.05, 0.1) is 10.6 Å². The number of amides is 1. The molecule has 3 aromatic rings. The summed E-state index contributed by atoms with van der Waals surface area (Å²) >= 11 is 5.86. The van der Waals surface area contributed by atoms with Crippen LogP contribution in [0.3, 0.4) is 0 Å². The number of rotatable bonds is 5. The summed E-state index contributed by atoms with van der Waals surface area (Å²) in [7, 11) is -4.04. The van der Waals surface area contributed by atoms with Crippen molar-refractivity contribution in [3.63, 3.8) is 0 Å². The van der Waals surface area contributed by atoms with Crippen LogP contribution < -0.4 is 4.72 Å². The van der Waals surface area contributed by atoms with Crippen LogP contribution in [0.2, 0.25) is 5.02 Å². The number of nitrogens with one attached hydrogen (secondary N) is 1. The van der Waals surface area contributed by atoms with Gasteiger partial charge in [0.1, 0.15) is 6.33 Å². The fraction of sp³-hybridized carbons (Fsp3) is 0. The largest absolute Gasteiger partial charge is 0.269 e. The quantitative estimate of drug-likeness (QED) is 0.667. The molecule has 0 aliphatic heterocycles.